The van der Waals surface area contributed by atoms with Crippen LogP contribution in [-0.2, 0) is 4.79 Å². The van der Waals surface area contributed by atoms with Crippen molar-refractivity contribution in [3.63, 3.8) is 0 Å². The minimum Gasteiger partial charge on any atom is -0.378 e. The van der Waals surface area contributed by atoms with Crippen LogP contribution in [-0.4, -0.2) is 63.0 Å². The number of nitrogens with zero attached hydrogens (tertiary/aromatic N) is 3. The number of rotatable bonds is 7. The number of carbonyl (C=O) groups is 1. The molecule has 0 heterocycles. The monoisotopic (exact) mass is 429 g/mol. The van der Waals surface area contributed by atoms with E-state index >= 15 is 0 Å². The van der Waals surface area contributed by atoms with Crippen molar-refractivity contribution >= 4 is 42.5 Å². The van der Waals surface area contributed by atoms with Gasteiger partial charge in [-0.15, -0.1) is 24.8 Å². The van der Waals surface area contributed by atoms with Crippen LogP contribution in [0.2, 0.25) is 0 Å². The average molecular weight is 430 g/mol. The fraction of sp³-hybridized carbons (Fsp3) is 0.591. The van der Waals surface area contributed by atoms with Gasteiger partial charge in [0.15, 0.2) is 0 Å². The summed E-state index contributed by atoms with van der Waals surface area (Å²) in [5, 5.41) is 0. The quantitative estimate of drug-likeness (QED) is 0.593. The Labute approximate surface area is 183 Å². The van der Waals surface area contributed by atoms with Crippen LogP contribution >= 0.6 is 24.8 Å². The average Bonchev–Trinajstić information content (AvgIpc) is 2.61. The third kappa shape index (κ3) is 8.42. The molecule has 4 nitrogen and oxygen atoms in total. The zero-order valence-electron chi connectivity index (χ0n) is 17.9. The molecule has 1 aromatic carbocycles. The SMILES string of the molecule is CN(C)CCN(C(=O)/C=C/c1ccc(N(C)C)cc1)[C@H]1CC[C@H](C)CC1.Cl.Cl. The highest BCUT2D eigenvalue weighted by Crippen LogP contribution is 2.27. The third-order valence-corrected chi connectivity index (χ3v) is 5.33. The van der Waals surface area contributed by atoms with E-state index in [1.165, 1.54) is 12.8 Å². The highest BCUT2D eigenvalue weighted by molar-refractivity contribution is 5.92. The predicted molar refractivity (Wildman–Crippen MR) is 126 cm³/mol. The summed E-state index contributed by atoms with van der Waals surface area (Å²) in [6.45, 7) is 4.03. The highest BCUT2D eigenvalue weighted by Gasteiger charge is 2.26. The summed E-state index contributed by atoms with van der Waals surface area (Å²) in [6.07, 6.45) is 8.41. The summed E-state index contributed by atoms with van der Waals surface area (Å²) in [5.41, 5.74) is 2.23. The highest BCUT2D eigenvalue weighted by atomic mass is 35.5. The number of carbonyl (C=O) groups excluding carboxylic acids is 1. The van der Waals surface area contributed by atoms with E-state index in [0.717, 1.165) is 43.1 Å². The Kier molecular flexibility index (Phi) is 12.5. The Morgan fingerprint density at radius 2 is 1.54 bits per heavy atom. The first-order valence-corrected chi connectivity index (χ1v) is 9.77. The molecule has 0 aliphatic heterocycles. The van der Waals surface area contributed by atoms with Gasteiger partial charge >= 0.3 is 0 Å². The second kappa shape index (κ2) is 13.1. The van der Waals surface area contributed by atoms with Crippen molar-refractivity contribution in [3.05, 3.63) is 35.9 Å². The van der Waals surface area contributed by atoms with Crippen LogP contribution in [0.5, 0.6) is 0 Å². The number of anilines is 1. The van der Waals surface area contributed by atoms with Crippen LogP contribution in [0.25, 0.3) is 6.08 Å². The van der Waals surface area contributed by atoms with Gasteiger partial charge < -0.3 is 14.7 Å². The smallest absolute Gasteiger partial charge is 0.246 e. The third-order valence-electron chi connectivity index (χ3n) is 5.33. The normalized spacial score (nSPS) is 19.1. The number of amides is 1. The van der Waals surface area contributed by atoms with Crippen LogP contribution in [0, 0.1) is 5.92 Å². The zero-order valence-corrected chi connectivity index (χ0v) is 19.6. The maximum absolute atomic E-state index is 12.9. The molecule has 1 aromatic rings. The Bertz CT molecular complexity index is 594. The van der Waals surface area contributed by atoms with Gasteiger partial charge in [0.05, 0.1) is 0 Å². The number of likely N-dealkylation sites (N-methyl/N-ethyl adjacent to an activating group) is 1. The molecule has 160 valence electrons. The van der Waals surface area contributed by atoms with Gasteiger partial charge in [-0.3, -0.25) is 4.79 Å². The summed E-state index contributed by atoms with van der Waals surface area (Å²) in [6, 6.07) is 8.67. The van der Waals surface area contributed by atoms with E-state index in [1.807, 2.05) is 20.2 Å². The van der Waals surface area contributed by atoms with Crippen molar-refractivity contribution in [2.45, 2.75) is 38.6 Å². The zero-order chi connectivity index (χ0) is 19.1. The van der Waals surface area contributed by atoms with Crippen molar-refractivity contribution in [1.82, 2.24) is 9.80 Å². The van der Waals surface area contributed by atoms with Gasteiger partial charge in [0.1, 0.15) is 0 Å². The van der Waals surface area contributed by atoms with Crippen LogP contribution < -0.4 is 4.90 Å². The number of halogens is 2. The standard InChI is InChI=1S/C22H35N3O.2ClH/c1-18-6-11-21(12-7-18)25(17-16-23(2)3)22(26)15-10-19-8-13-20(14-9-19)24(4)5;;/h8-10,13-15,18,21H,6-7,11-12,16-17H2,1-5H3;2*1H/b15-10+;;/t18-,21-;;. The van der Waals surface area contributed by atoms with Crippen LogP contribution in [0.1, 0.15) is 38.2 Å². The molecule has 1 amide bonds. The molecular weight excluding hydrogens is 393 g/mol. The fourth-order valence-electron chi connectivity index (χ4n) is 3.48. The summed E-state index contributed by atoms with van der Waals surface area (Å²) in [4.78, 5) is 19.2. The molecule has 1 fully saturated rings. The van der Waals surface area contributed by atoms with Crippen molar-refractivity contribution < 1.29 is 4.79 Å². The Balaban J connectivity index is 0.00000364. The lowest BCUT2D eigenvalue weighted by atomic mass is 9.86. The van der Waals surface area contributed by atoms with Gasteiger partial charge in [-0.25, -0.2) is 0 Å². The molecule has 0 radical (unpaired) electrons. The minimum absolute atomic E-state index is 0. The second-order valence-corrected chi connectivity index (χ2v) is 8.07. The second-order valence-electron chi connectivity index (χ2n) is 8.07. The molecule has 0 spiro atoms. The van der Waals surface area contributed by atoms with E-state index in [2.05, 4.69) is 60.0 Å². The van der Waals surface area contributed by atoms with Gasteiger partial charge in [0.25, 0.3) is 0 Å². The Hall–Kier alpha value is -1.23. The van der Waals surface area contributed by atoms with E-state index in [1.54, 1.807) is 6.08 Å². The minimum atomic E-state index is 0. The Morgan fingerprint density at radius 1 is 0.964 bits per heavy atom. The summed E-state index contributed by atoms with van der Waals surface area (Å²) in [7, 11) is 8.19. The lowest BCUT2D eigenvalue weighted by Gasteiger charge is -2.36. The topological polar surface area (TPSA) is 26.8 Å². The van der Waals surface area contributed by atoms with E-state index in [-0.39, 0.29) is 30.7 Å². The molecule has 0 atom stereocenters. The first-order valence-electron chi connectivity index (χ1n) is 9.77. The summed E-state index contributed by atoms with van der Waals surface area (Å²) < 4.78 is 0. The fourth-order valence-corrected chi connectivity index (χ4v) is 3.48. The van der Waals surface area contributed by atoms with E-state index in [4.69, 9.17) is 0 Å². The van der Waals surface area contributed by atoms with Crippen molar-refractivity contribution in [2.75, 3.05) is 46.2 Å². The molecule has 2 rings (SSSR count). The molecule has 0 aromatic heterocycles. The first kappa shape index (κ1) is 26.8. The number of benzene rings is 1. The van der Waals surface area contributed by atoms with Crippen LogP contribution in [0.4, 0.5) is 5.69 Å². The molecule has 1 saturated carbocycles. The molecule has 0 bridgehead atoms. The molecule has 0 N–H and O–H groups in total. The molecule has 6 heteroatoms. The lowest BCUT2D eigenvalue weighted by Crippen LogP contribution is -2.44. The van der Waals surface area contributed by atoms with Gasteiger partial charge in [-0.05, 0) is 69.5 Å². The Morgan fingerprint density at radius 3 is 2.04 bits per heavy atom. The molecule has 1 aliphatic carbocycles. The van der Waals surface area contributed by atoms with Crippen molar-refractivity contribution in [2.24, 2.45) is 5.92 Å². The van der Waals surface area contributed by atoms with Gasteiger partial charge in [-0.2, -0.15) is 0 Å². The summed E-state index contributed by atoms with van der Waals surface area (Å²) >= 11 is 0. The molecule has 0 saturated heterocycles. The van der Waals surface area contributed by atoms with Crippen LogP contribution in [0.3, 0.4) is 0 Å². The number of hydrogen-bond donors (Lipinski definition) is 0. The molecule has 1 aliphatic rings. The van der Waals surface area contributed by atoms with E-state index in [0.29, 0.717) is 6.04 Å². The first-order chi connectivity index (χ1) is 12.4. The lowest BCUT2D eigenvalue weighted by molar-refractivity contribution is -0.129. The number of hydrogen-bond acceptors (Lipinski definition) is 3. The predicted octanol–water partition coefficient (Wildman–Crippen LogP) is 4.58. The van der Waals surface area contributed by atoms with Crippen molar-refractivity contribution in [3.8, 4) is 0 Å². The van der Waals surface area contributed by atoms with E-state index in [9.17, 15) is 4.79 Å². The largest absolute Gasteiger partial charge is 0.378 e. The summed E-state index contributed by atoms with van der Waals surface area (Å²) in [5.74, 6) is 0.936. The molecular formula is C22H37Cl2N3O. The maximum Gasteiger partial charge on any atom is 0.246 e. The van der Waals surface area contributed by atoms with E-state index < -0.39 is 0 Å². The van der Waals surface area contributed by atoms with Gasteiger partial charge in [0, 0.05) is 45.0 Å². The molecule has 28 heavy (non-hydrogen) atoms. The van der Waals surface area contributed by atoms with Gasteiger partial charge in [-0.1, -0.05) is 19.1 Å². The van der Waals surface area contributed by atoms with Crippen molar-refractivity contribution in [1.29, 1.82) is 0 Å². The van der Waals surface area contributed by atoms with Gasteiger partial charge in [0.2, 0.25) is 5.91 Å². The van der Waals surface area contributed by atoms with Crippen LogP contribution in [0.15, 0.2) is 30.3 Å². The maximum atomic E-state index is 12.9. The molecule has 0 unspecified atom stereocenters.